The molecule has 0 saturated carbocycles. The highest BCUT2D eigenvalue weighted by Gasteiger charge is 2.06. The Morgan fingerprint density at radius 3 is 2.33 bits per heavy atom. The van der Waals surface area contributed by atoms with Gasteiger partial charge in [-0.05, 0) is 41.8 Å². The van der Waals surface area contributed by atoms with Crippen LogP contribution in [0.5, 0.6) is 0 Å². The van der Waals surface area contributed by atoms with Crippen LogP contribution in [0.15, 0.2) is 42.5 Å². The van der Waals surface area contributed by atoms with Crippen LogP contribution < -0.4 is 0 Å². The molecule has 0 atom stereocenters. The highest BCUT2D eigenvalue weighted by Crippen LogP contribution is 2.24. The zero-order chi connectivity index (χ0) is 13.1. The Hall–Kier alpha value is -2.42. The van der Waals surface area contributed by atoms with Crippen LogP contribution in [0.1, 0.15) is 26.3 Å². The minimum Gasteiger partial charge on any atom is -0.478 e. The Morgan fingerprint density at radius 2 is 1.78 bits per heavy atom. The maximum Gasteiger partial charge on any atom is 0.335 e. The van der Waals surface area contributed by atoms with Gasteiger partial charge in [-0.15, -0.1) is 0 Å². The first-order valence-electron chi connectivity index (χ1n) is 5.51. The van der Waals surface area contributed by atoms with Crippen molar-refractivity contribution in [1.29, 1.82) is 0 Å². The predicted octanol–water partition coefficient (Wildman–Crippen LogP) is 3.17. The fourth-order valence-corrected chi connectivity index (χ4v) is 1.82. The fourth-order valence-electron chi connectivity index (χ4n) is 1.82. The summed E-state index contributed by atoms with van der Waals surface area (Å²) in [7, 11) is 0. The van der Waals surface area contributed by atoms with E-state index in [1.54, 1.807) is 36.4 Å². The van der Waals surface area contributed by atoms with Crippen LogP contribution in [0.4, 0.5) is 0 Å². The molecule has 0 heterocycles. The minimum atomic E-state index is -0.945. The fraction of sp³-hybridized carbons (Fsp3) is 0.0667. The van der Waals surface area contributed by atoms with Gasteiger partial charge < -0.3 is 5.11 Å². The molecule has 0 unspecified atom stereocenters. The van der Waals surface area contributed by atoms with Gasteiger partial charge in [-0.3, -0.25) is 4.79 Å². The third kappa shape index (κ3) is 2.30. The van der Waals surface area contributed by atoms with Crippen molar-refractivity contribution < 1.29 is 14.7 Å². The van der Waals surface area contributed by atoms with Crippen molar-refractivity contribution in [1.82, 2.24) is 0 Å². The zero-order valence-corrected chi connectivity index (χ0v) is 9.88. The number of aldehydes is 1. The lowest BCUT2D eigenvalue weighted by Crippen LogP contribution is -1.95. The molecule has 2 rings (SSSR count). The molecule has 0 spiro atoms. The molecule has 0 amide bonds. The predicted molar refractivity (Wildman–Crippen MR) is 69.0 cm³/mol. The van der Waals surface area contributed by atoms with Crippen molar-refractivity contribution >= 4 is 12.3 Å². The minimum absolute atomic E-state index is 0.253. The number of rotatable bonds is 3. The van der Waals surface area contributed by atoms with E-state index >= 15 is 0 Å². The number of carboxylic acids is 1. The van der Waals surface area contributed by atoms with Gasteiger partial charge in [0.15, 0.2) is 0 Å². The number of carboxylic acid groups (broad SMARTS) is 1. The van der Waals surface area contributed by atoms with Crippen molar-refractivity contribution in [3.05, 3.63) is 59.2 Å². The Bertz CT molecular complexity index is 598. The van der Waals surface area contributed by atoms with E-state index in [-0.39, 0.29) is 5.56 Å². The Balaban J connectivity index is 2.48. The van der Waals surface area contributed by atoms with Crippen molar-refractivity contribution in [3.8, 4) is 11.1 Å². The van der Waals surface area contributed by atoms with E-state index in [1.165, 1.54) is 0 Å². The number of hydrogen-bond acceptors (Lipinski definition) is 2. The molecular formula is C15H12O3. The molecule has 0 aliphatic heterocycles. The SMILES string of the molecule is Cc1ccc(C=O)cc1-c1ccc(C(=O)O)cc1. The Labute approximate surface area is 105 Å². The van der Waals surface area contributed by atoms with Crippen LogP contribution in [0.25, 0.3) is 11.1 Å². The smallest absolute Gasteiger partial charge is 0.335 e. The summed E-state index contributed by atoms with van der Waals surface area (Å²) in [5.74, 6) is -0.945. The van der Waals surface area contributed by atoms with E-state index in [0.717, 1.165) is 23.0 Å². The summed E-state index contributed by atoms with van der Waals surface area (Å²) in [5, 5.41) is 8.84. The average molecular weight is 240 g/mol. The molecule has 2 aromatic carbocycles. The van der Waals surface area contributed by atoms with Gasteiger partial charge in [-0.25, -0.2) is 4.79 Å². The summed E-state index contributed by atoms with van der Waals surface area (Å²) in [6.07, 6.45) is 0.800. The summed E-state index contributed by atoms with van der Waals surface area (Å²) in [6.45, 7) is 1.95. The molecule has 1 N–H and O–H groups in total. The summed E-state index contributed by atoms with van der Waals surface area (Å²) in [4.78, 5) is 21.5. The molecule has 0 bridgehead atoms. The number of aromatic carboxylic acids is 1. The third-order valence-electron chi connectivity index (χ3n) is 2.84. The van der Waals surface area contributed by atoms with Crippen LogP contribution in [0.3, 0.4) is 0 Å². The van der Waals surface area contributed by atoms with Gasteiger partial charge in [0.25, 0.3) is 0 Å². The summed E-state index contributed by atoms with van der Waals surface area (Å²) >= 11 is 0. The van der Waals surface area contributed by atoms with E-state index < -0.39 is 5.97 Å². The molecule has 0 fully saturated rings. The van der Waals surface area contributed by atoms with Crippen LogP contribution in [0.2, 0.25) is 0 Å². The van der Waals surface area contributed by atoms with Gasteiger partial charge in [0.1, 0.15) is 6.29 Å². The molecule has 0 radical (unpaired) electrons. The first kappa shape index (κ1) is 12.0. The first-order valence-corrected chi connectivity index (χ1v) is 5.51. The van der Waals surface area contributed by atoms with Gasteiger partial charge in [-0.1, -0.05) is 24.3 Å². The number of carbonyl (C=O) groups excluding carboxylic acids is 1. The first-order chi connectivity index (χ1) is 8.61. The van der Waals surface area contributed by atoms with Gasteiger partial charge in [0.2, 0.25) is 0 Å². The molecule has 18 heavy (non-hydrogen) atoms. The molecule has 0 aliphatic carbocycles. The Kier molecular flexibility index (Phi) is 3.24. The van der Waals surface area contributed by atoms with Crippen molar-refractivity contribution in [3.63, 3.8) is 0 Å². The molecule has 90 valence electrons. The van der Waals surface area contributed by atoms with Gasteiger partial charge >= 0.3 is 5.97 Å². The van der Waals surface area contributed by atoms with E-state index in [1.807, 2.05) is 13.0 Å². The van der Waals surface area contributed by atoms with Gasteiger partial charge in [-0.2, -0.15) is 0 Å². The van der Waals surface area contributed by atoms with Gasteiger partial charge in [0, 0.05) is 5.56 Å². The summed E-state index contributed by atoms with van der Waals surface area (Å²) < 4.78 is 0. The standard InChI is InChI=1S/C15H12O3/c1-10-2-3-11(9-16)8-14(10)12-4-6-13(7-5-12)15(17)18/h2-9H,1H3,(H,17,18). The van der Waals surface area contributed by atoms with Crippen LogP contribution in [-0.2, 0) is 0 Å². The quantitative estimate of drug-likeness (QED) is 0.838. The lowest BCUT2D eigenvalue weighted by molar-refractivity contribution is 0.0696. The van der Waals surface area contributed by atoms with Crippen LogP contribution >= 0.6 is 0 Å². The topological polar surface area (TPSA) is 54.4 Å². The number of carbonyl (C=O) groups is 2. The third-order valence-corrected chi connectivity index (χ3v) is 2.84. The molecular weight excluding hydrogens is 228 g/mol. The molecule has 2 aromatic rings. The molecule has 3 heteroatoms. The number of hydrogen-bond donors (Lipinski definition) is 1. The van der Waals surface area contributed by atoms with Crippen molar-refractivity contribution in [2.75, 3.05) is 0 Å². The second-order valence-electron chi connectivity index (χ2n) is 4.07. The van der Waals surface area contributed by atoms with Gasteiger partial charge in [0.05, 0.1) is 5.56 Å². The molecule has 0 aliphatic rings. The number of aryl methyl sites for hydroxylation is 1. The zero-order valence-electron chi connectivity index (χ0n) is 9.88. The van der Waals surface area contributed by atoms with Crippen molar-refractivity contribution in [2.45, 2.75) is 6.92 Å². The average Bonchev–Trinajstić information content (AvgIpc) is 2.39. The largest absolute Gasteiger partial charge is 0.478 e. The number of benzene rings is 2. The highest BCUT2D eigenvalue weighted by molar-refractivity contribution is 5.88. The second kappa shape index (κ2) is 4.84. The summed E-state index contributed by atoms with van der Waals surface area (Å²) in [5.41, 5.74) is 3.75. The van der Waals surface area contributed by atoms with Crippen molar-refractivity contribution in [2.24, 2.45) is 0 Å². The molecule has 0 aromatic heterocycles. The molecule has 3 nitrogen and oxygen atoms in total. The van der Waals surface area contributed by atoms with Crippen LogP contribution in [-0.4, -0.2) is 17.4 Å². The monoisotopic (exact) mass is 240 g/mol. The lowest BCUT2D eigenvalue weighted by Gasteiger charge is -2.07. The van der Waals surface area contributed by atoms with E-state index in [0.29, 0.717) is 5.56 Å². The van der Waals surface area contributed by atoms with Crippen LogP contribution in [0, 0.1) is 6.92 Å². The lowest BCUT2D eigenvalue weighted by atomic mass is 9.97. The highest BCUT2D eigenvalue weighted by atomic mass is 16.4. The molecule has 0 saturated heterocycles. The summed E-state index contributed by atoms with van der Waals surface area (Å²) in [6, 6.07) is 12.1. The maximum absolute atomic E-state index is 10.8. The van der Waals surface area contributed by atoms with E-state index in [9.17, 15) is 9.59 Å². The van der Waals surface area contributed by atoms with E-state index in [2.05, 4.69) is 0 Å². The Morgan fingerprint density at radius 1 is 1.11 bits per heavy atom. The van der Waals surface area contributed by atoms with E-state index in [4.69, 9.17) is 5.11 Å². The maximum atomic E-state index is 10.8. The second-order valence-corrected chi connectivity index (χ2v) is 4.07. The normalized spacial score (nSPS) is 10.1.